The number of benzene rings is 2. The van der Waals surface area contributed by atoms with E-state index in [9.17, 15) is 10.1 Å². The van der Waals surface area contributed by atoms with Crippen molar-refractivity contribution in [1.82, 2.24) is 40.0 Å². The van der Waals surface area contributed by atoms with Crippen LogP contribution in [0, 0.1) is 22.7 Å². The Hall–Kier alpha value is -5.63. The maximum absolute atomic E-state index is 10.2. The van der Waals surface area contributed by atoms with E-state index in [2.05, 4.69) is 59.7 Å². The van der Waals surface area contributed by atoms with E-state index >= 15 is 0 Å². The summed E-state index contributed by atoms with van der Waals surface area (Å²) in [6.45, 7) is 6.46. The summed E-state index contributed by atoms with van der Waals surface area (Å²) in [5.41, 5.74) is 6.21. The van der Waals surface area contributed by atoms with E-state index in [0.717, 1.165) is 77.3 Å². The number of para-hydroxylation sites is 4. The molecule has 3 N–H and O–H groups in total. The molecule has 0 radical (unpaired) electrons. The molecule has 5 aromatic heterocycles. The SMILES string of the molecule is C.C1CCCNCC1.N#CCc1nc2ccccc2[nH]1.N#Cc1cc2ccc(N3CCCNCC3)nc2n2c1nc1ccccc12.O=Cc1ccc(Cl)nc1Cl. The van der Waals surface area contributed by atoms with E-state index < -0.39 is 0 Å². The maximum atomic E-state index is 10.2. The number of H-pyrrole nitrogens is 1. The summed E-state index contributed by atoms with van der Waals surface area (Å²) < 4.78 is 2.02. The summed E-state index contributed by atoms with van der Waals surface area (Å²) in [7, 11) is 0. The zero-order valence-corrected chi connectivity index (χ0v) is 31.8. The molecule has 0 saturated carbocycles. The number of nitrogens with one attached hydrogen (secondary N) is 3. The molecule has 0 spiro atoms. The number of imidazole rings is 2. The van der Waals surface area contributed by atoms with Crippen LogP contribution in [0.4, 0.5) is 5.82 Å². The molecule has 2 fully saturated rings. The number of aldehydes is 1. The fraction of sp³-hybridized carbons (Fsp3) is 0.310. The van der Waals surface area contributed by atoms with Gasteiger partial charge < -0.3 is 20.5 Å². The van der Waals surface area contributed by atoms with E-state index in [4.69, 9.17) is 33.4 Å². The average molecular weight is 791 g/mol. The van der Waals surface area contributed by atoms with Crippen molar-refractivity contribution >= 4 is 74.1 Å². The zero-order chi connectivity index (χ0) is 38.4. The number of aromatic amines is 1. The molecule has 0 aliphatic carbocycles. The predicted octanol–water partition coefficient (Wildman–Crippen LogP) is 8.32. The van der Waals surface area contributed by atoms with Crippen LogP contribution in [0.2, 0.25) is 10.3 Å². The molecule has 7 aromatic rings. The molecule has 288 valence electrons. The first kappa shape index (κ1) is 41.5. The number of nitriles is 2. The highest BCUT2D eigenvalue weighted by Gasteiger charge is 2.16. The molecule has 0 bridgehead atoms. The molecule has 56 heavy (non-hydrogen) atoms. The topological polar surface area (TPSA) is 164 Å². The van der Waals surface area contributed by atoms with Gasteiger partial charge in [0.15, 0.2) is 11.9 Å². The fourth-order valence-electron chi connectivity index (χ4n) is 6.37. The van der Waals surface area contributed by atoms with Crippen LogP contribution in [0.1, 0.15) is 61.3 Å². The fourth-order valence-corrected chi connectivity index (χ4v) is 6.76. The second kappa shape index (κ2) is 20.9. The lowest BCUT2D eigenvalue weighted by Gasteiger charge is -2.21. The summed E-state index contributed by atoms with van der Waals surface area (Å²) in [5.74, 6) is 1.71. The van der Waals surface area contributed by atoms with Crippen LogP contribution >= 0.6 is 23.2 Å². The number of hydrogen-bond donors (Lipinski definition) is 3. The standard InChI is InChI=1S/C20H18N6.C9H7N3.C6H3Cl2NO.C6H13N.CH4/c21-13-15-12-14-6-7-18(25-10-3-8-22-9-11-25)24-19(14)26-17-5-2-1-4-16(17)23-20(15)26;10-6-5-9-11-7-3-1-2-4-8(7)12-9;7-5-2-1-4(3-10)6(8)9-5;1-2-4-6-7-5-3-1;/h1-2,4-7,12,22H,3,8-11H2;1-4H,5H2,(H,11,12);1-3H;7H,1-6H2;1H4. The lowest BCUT2D eigenvalue weighted by Crippen LogP contribution is -2.28. The molecule has 0 unspecified atom stereocenters. The molecule has 0 atom stereocenters. The number of fused-ring (bicyclic) bond motifs is 6. The van der Waals surface area contributed by atoms with Crippen LogP contribution in [-0.4, -0.2) is 74.9 Å². The van der Waals surface area contributed by atoms with Crippen molar-refractivity contribution < 1.29 is 4.79 Å². The summed E-state index contributed by atoms with van der Waals surface area (Å²) in [5, 5.41) is 26.2. The third kappa shape index (κ3) is 10.6. The summed E-state index contributed by atoms with van der Waals surface area (Å²) >= 11 is 11.0. The Morgan fingerprint density at radius 2 is 1.48 bits per heavy atom. The second-order valence-corrected chi connectivity index (χ2v) is 13.7. The summed E-state index contributed by atoms with van der Waals surface area (Å²) in [4.78, 5) is 33.1. The van der Waals surface area contributed by atoms with Crippen molar-refractivity contribution in [3.05, 3.63) is 106 Å². The van der Waals surface area contributed by atoms with Gasteiger partial charge in [0, 0.05) is 25.0 Å². The zero-order valence-electron chi connectivity index (χ0n) is 30.3. The van der Waals surface area contributed by atoms with Gasteiger partial charge in [0.1, 0.15) is 33.7 Å². The molecule has 2 aliphatic rings. The Balaban J connectivity index is 0.000000166. The van der Waals surface area contributed by atoms with Crippen molar-refractivity contribution in [3.63, 3.8) is 0 Å². The molecule has 7 heterocycles. The van der Waals surface area contributed by atoms with Crippen molar-refractivity contribution in [1.29, 1.82) is 10.5 Å². The first-order chi connectivity index (χ1) is 27.0. The smallest absolute Gasteiger partial charge is 0.157 e. The van der Waals surface area contributed by atoms with Gasteiger partial charge in [-0.1, -0.05) is 67.7 Å². The van der Waals surface area contributed by atoms with Crippen LogP contribution in [0.25, 0.3) is 38.7 Å². The highest BCUT2D eigenvalue weighted by molar-refractivity contribution is 6.33. The second-order valence-electron chi connectivity index (χ2n) is 12.9. The molecule has 2 aliphatic heterocycles. The number of carbonyl (C=O) groups is 1. The van der Waals surface area contributed by atoms with Crippen molar-refractivity contribution in [2.75, 3.05) is 44.2 Å². The Kier molecular flexibility index (Phi) is 15.5. The molecule has 0 amide bonds. The van der Waals surface area contributed by atoms with Crippen LogP contribution in [-0.2, 0) is 6.42 Å². The highest BCUT2D eigenvalue weighted by Crippen LogP contribution is 2.27. The Morgan fingerprint density at radius 1 is 0.750 bits per heavy atom. The molecule has 9 rings (SSSR count). The van der Waals surface area contributed by atoms with Gasteiger partial charge in [0.25, 0.3) is 0 Å². The van der Waals surface area contributed by atoms with Gasteiger partial charge in [-0.05, 0) is 93.5 Å². The lowest BCUT2D eigenvalue weighted by atomic mass is 10.2. The Labute approximate surface area is 336 Å². The van der Waals surface area contributed by atoms with Gasteiger partial charge in [0.05, 0.1) is 45.7 Å². The van der Waals surface area contributed by atoms with Gasteiger partial charge in [-0.15, -0.1) is 0 Å². The molecular formula is C42H45Cl2N11O. The summed E-state index contributed by atoms with van der Waals surface area (Å²) in [6, 6.07) is 29.1. The van der Waals surface area contributed by atoms with Gasteiger partial charge in [-0.25, -0.2) is 19.9 Å². The number of rotatable bonds is 3. The van der Waals surface area contributed by atoms with E-state index in [-0.39, 0.29) is 17.7 Å². The number of pyridine rings is 3. The lowest BCUT2D eigenvalue weighted by molar-refractivity contribution is 0.112. The minimum absolute atomic E-state index is 0. The highest BCUT2D eigenvalue weighted by atomic mass is 35.5. The predicted molar refractivity (Wildman–Crippen MR) is 226 cm³/mol. The van der Waals surface area contributed by atoms with Crippen LogP contribution in [0.3, 0.4) is 0 Å². The minimum Gasteiger partial charge on any atom is -0.355 e. The van der Waals surface area contributed by atoms with Gasteiger partial charge in [-0.2, -0.15) is 10.5 Å². The number of hydrogen-bond acceptors (Lipinski definition) is 10. The third-order valence-electron chi connectivity index (χ3n) is 9.10. The quantitative estimate of drug-likeness (QED) is 0.117. The Bertz CT molecular complexity index is 2400. The molecule has 2 aromatic carbocycles. The Morgan fingerprint density at radius 3 is 2.21 bits per heavy atom. The third-order valence-corrected chi connectivity index (χ3v) is 9.61. The molecule has 12 nitrogen and oxygen atoms in total. The largest absolute Gasteiger partial charge is 0.355 e. The number of carbonyl (C=O) groups excluding carboxylic acids is 1. The van der Waals surface area contributed by atoms with Gasteiger partial charge >= 0.3 is 0 Å². The van der Waals surface area contributed by atoms with Gasteiger partial charge in [0.2, 0.25) is 0 Å². The maximum Gasteiger partial charge on any atom is 0.157 e. The van der Waals surface area contributed by atoms with Crippen LogP contribution < -0.4 is 15.5 Å². The van der Waals surface area contributed by atoms with E-state index in [1.54, 1.807) is 0 Å². The average Bonchev–Trinajstić information content (AvgIpc) is 3.50. The van der Waals surface area contributed by atoms with Crippen molar-refractivity contribution in [2.24, 2.45) is 0 Å². The van der Waals surface area contributed by atoms with E-state index in [1.165, 1.54) is 50.9 Å². The monoisotopic (exact) mass is 789 g/mol. The number of nitrogens with zero attached hydrogens (tertiary/aromatic N) is 8. The van der Waals surface area contributed by atoms with E-state index in [1.807, 2.05) is 59.0 Å². The normalized spacial score (nSPS) is 14.0. The van der Waals surface area contributed by atoms with Crippen molar-refractivity contribution in [2.45, 2.75) is 46.0 Å². The van der Waals surface area contributed by atoms with Gasteiger partial charge in [-0.3, -0.25) is 9.20 Å². The summed E-state index contributed by atoms with van der Waals surface area (Å²) in [6.07, 6.45) is 7.73. The molecule has 2 saturated heterocycles. The molecular weight excluding hydrogens is 745 g/mol. The number of aromatic nitrogens is 6. The number of halogens is 2. The van der Waals surface area contributed by atoms with Crippen molar-refractivity contribution in [3.8, 4) is 12.1 Å². The molecule has 14 heteroatoms. The number of anilines is 1. The van der Waals surface area contributed by atoms with E-state index in [0.29, 0.717) is 29.5 Å². The minimum atomic E-state index is 0. The first-order valence-corrected chi connectivity index (χ1v) is 19.1. The van der Waals surface area contributed by atoms with Crippen LogP contribution in [0.5, 0.6) is 0 Å². The van der Waals surface area contributed by atoms with Crippen LogP contribution in [0.15, 0.2) is 78.9 Å². The first-order valence-electron chi connectivity index (χ1n) is 18.3.